The van der Waals surface area contributed by atoms with Crippen LogP contribution in [0.5, 0.6) is 0 Å². The van der Waals surface area contributed by atoms with Gasteiger partial charge in [-0.3, -0.25) is 0 Å². The van der Waals surface area contributed by atoms with E-state index >= 15 is 0 Å². The molecule has 0 aliphatic carbocycles. The Balaban J connectivity index is 2.54. The number of alkyl halides is 3. The van der Waals surface area contributed by atoms with E-state index in [1.165, 1.54) is 11.1 Å². The summed E-state index contributed by atoms with van der Waals surface area (Å²) in [6.45, 7) is 2.32. The minimum atomic E-state index is -4.30. The maximum Gasteiger partial charge on any atom is 0.405 e. The van der Waals surface area contributed by atoms with Gasteiger partial charge < -0.3 is 14.6 Å². The Bertz CT molecular complexity index is 590. The van der Waals surface area contributed by atoms with Gasteiger partial charge in [0, 0.05) is 25.5 Å². The van der Waals surface area contributed by atoms with E-state index in [1.54, 1.807) is 37.7 Å². The van der Waals surface area contributed by atoms with Crippen LogP contribution in [-0.2, 0) is 0 Å². The predicted octanol–water partition coefficient (Wildman–Crippen LogP) is 2.55. The normalized spacial score (nSPS) is 12.2. The fourth-order valence-corrected chi connectivity index (χ4v) is 1.92. The topological polar surface area (TPSA) is 45.5 Å². The molecule has 0 aromatic carbocycles. The van der Waals surface area contributed by atoms with Crippen molar-refractivity contribution in [1.29, 1.82) is 0 Å². The van der Waals surface area contributed by atoms with Crippen molar-refractivity contribution in [2.24, 2.45) is 0 Å². The fourth-order valence-electron chi connectivity index (χ4n) is 1.92. The molecule has 0 saturated carbocycles. The van der Waals surface area contributed by atoms with E-state index in [0.29, 0.717) is 11.5 Å². The number of nitrogens with one attached hydrogen (secondary N) is 1. The highest BCUT2D eigenvalue weighted by atomic mass is 19.4. The van der Waals surface area contributed by atoms with Gasteiger partial charge in [-0.15, -0.1) is 0 Å². The summed E-state index contributed by atoms with van der Waals surface area (Å²) in [5.41, 5.74) is 0.405. The summed E-state index contributed by atoms with van der Waals surface area (Å²) in [5, 5.41) is 2.84. The minimum Gasteiger partial charge on any atom is -0.372 e. The van der Waals surface area contributed by atoms with E-state index < -0.39 is 12.7 Å². The van der Waals surface area contributed by atoms with Crippen molar-refractivity contribution in [3.63, 3.8) is 0 Å². The Morgan fingerprint density at radius 2 is 2.10 bits per heavy atom. The molecule has 0 atom stereocenters. The summed E-state index contributed by atoms with van der Waals surface area (Å²) >= 11 is 0. The number of rotatable bonds is 4. The van der Waals surface area contributed by atoms with Gasteiger partial charge in [-0.2, -0.15) is 13.2 Å². The molecular formula is C12H16F3N5. The second-order valence-electron chi connectivity index (χ2n) is 4.69. The van der Waals surface area contributed by atoms with Gasteiger partial charge in [0.2, 0.25) is 0 Å². The summed E-state index contributed by atoms with van der Waals surface area (Å²) < 4.78 is 39.9. The van der Waals surface area contributed by atoms with Crippen molar-refractivity contribution in [2.45, 2.75) is 26.1 Å². The first-order chi connectivity index (χ1) is 9.31. The molecule has 0 spiro atoms. The fraction of sp³-hybridized carbons (Fsp3) is 0.500. The molecule has 0 amide bonds. The van der Waals surface area contributed by atoms with Crippen molar-refractivity contribution in [3.8, 4) is 0 Å². The number of hydrogen-bond donors (Lipinski definition) is 1. The first kappa shape index (κ1) is 14.4. The molecule has 8 heteroatoms. The number of halogens is 3. The molecule has 20 heavy (non-hydrogen) atoms. The van der Waals surface area contributed by atoms with E-state index in [1.807, 2.05) is 0 Å². The van der Waals surface area contributed by atoms with E-state index in [2.05, 4.69) is 15.3 Å². The molecule has 0 bridgehead atoms. The molecule has 2 aromatic rings. The van der Waals surface area contributed by atoms with Crippen molar-refractivity contribution in [3.05, 3.63) is 18.6 Å². The predicted molar refractivity (Wildman–Crippen MR) is 71.1 cm³/mol. The quantitative estimate of drug-likeness (QED) is 0.938. The molecule has 2 rings (SSSR count). The van der Waals surface area contributed by atoms with Crippen LogP contribution in [0.25, 0.3) is 5.65 Å². The smallest absolute Gasteiger partial charge is 0.372 e. The van der Waals surface area contributed by atoms with E-state index in [4.69, 9.17) is 0 Å². The van der Waals surface area contributed by atoms with Crippen LogP contribution in [0.2, 0.25) is 0 Å². The Kier molecular flexibility index (Phi) is 3.74. The number of anilines is 2. The van der Waals surface area contributed by atoms with Crippen LogP contribution in [0.3, 0.4) is 0 Å². The monoisotopic (exact) mass is 287 g/mol. The Morgan fingerprint density at radius 1 is 1.40 bits per heavy atom. The van der Waals surface area contributed by atoms with Crippen LogP contribution in [0.1, 0.15) is 13.8 Å². The molecular weight excluding hydrogens is 271 g/mol. The zero-order chi connectivity index (χ0) is 14.9. The number of aromatic nitrogens is 3. The highest BCUT2D eigenvalue weighted by molar-refractivity contribution is 5.67. The summed E-state index contributed by atoms with van der Waals surface area (Å²) in [4.78, 5) is 9.52. The van der Waals surface area contributed by atoms with Gasteiger partial charge in [-0.05, 0) is 13.8 Å². The number of nitrogens with zero attached hydrogens (tertiary/aromatic N) is 4. The lowest BCUT2D eigenvalue weighted by Gasteiger charge is -2.29. The second kappa shape index (κ2) is 5.18. The third kappa shape index (κ3) is 2.94. The van der Waals surface area contributed by atoms with Gasteiger partial charge in [0.15, 0.2) is 11.5 Å². The Hall–Kier alpha value is -1.99. The zero-order valence-electron chi connectivity index (χ0n) is 11.4. The van der Waals surface area contributed by atoms with Gasteiger partial charge in [-0.1, -0.05) is 0 Å². The maximum atomic E-state index is 12.7. The maximum absolute atomic E-state index is 12.7. The molecule has 0 fully saturated rings. The molecule has 1 N–H and O–H groups in total. The van der Waals surface area contributed by atoms with Crippen molar-refractivity contribution < 1.29 is 13.2 Å². The van der Waals surface area contributed by atoms with Crippen LogP contribution < -0.4 is 10.2 Å². The first-order valence-corrected chi connectivity index (χ1v) is 6.16. The molecule has 0 aliphatic rings. The number of hydrogen-bond acceptors (Lipinski definition) is 4. The summed E-state index contributed by atoms with van der Waals surface area (Å²) in [6.07, 6.45) is 0.586. The van der Waals surface area contributed by atoms with Crippen molar-refractivity contribution >= 4 is 17.3 Å². The summed E-state index contributed by atoms with van der Waals surface area (Å²) in [7, 11) is 1.67. The molecule has 2 heterocycles. The van der Waals surface area contributed by atoms with Crippen molar-refractivity contribution in [1.82, 2.24) is 14.4 Å². The van der Waals surface area contributed by atoms with Crippen molar-refractivity contribution in [2.75, 3.05) is 23.8 Å². The van der Waals surface area contributed by atoms with E-state index in [-0.39, 0.29) is 11.9 Å². The lowest BCUT2D eigenvalue weighted by atomic mass is 10.3. The molecule has 5 nitrogen and oxygen atoms in total. The third-order valence-corrected chi connectivity index (χ3v) is 2.86. The second-order valence-corrected chi connectivity index (χ2v) is 4.69. The van der Waals surface area contributed by atoms with Gasteiger partial charge >= 0.3 is 6.18 Å². The van der Waals surface area contributed by atoms with Gasteiger partial charge in [0.05, 0.1) is 6.20 Å². The molecule has 110 valence electrons. The average molecular weight is 287 g/mol. The van der Waals surface area contributed by atoms with Crippen LogP contribution in [0.4, 0.5) is 24.8 Å². The highest BCUT2D eigenvalue weighted by Gasteiger charge is 2.33. The molecule has 0 aliphatic heterocycles. The van der Waals surface area contributed by atoms with E-state index in [9.17, 15) is 13.2 Å². The van der Waals surface area contributed by atoms with Gasteiger partial charge in [0.25, 0.3) is 0 Å². The Labute approximate surface area is 114 Å². The Morgan fingerprint density at radius 3 is 2.65 bits per heavy atom. The van der Waals surface area contributed by atoms with Crippen LogP contribution >= 0.6 is 0 Å². The minimum absolute atomic E-state index is 0.217. The lowest BCUT2D eigenvalue weighted by Crippen LogP contribution is -2.40. The van der Waals surface area contributed by atoms with Gasteiger partial charge in [-0.25, -0.2) is 9.97 Å². The molecule has 0 radical (unpaired) electrons. The zero-order valence-corrected chi connectivity index (χ0v) is 11.4. The first-order valence-electron chi connectivity index (χ1n) is 6.16. The molecule has 2 aromatic heterocycles. The lowest BCUT2D eigenvalue weighted by molar-refractivity contribution is -0.120. The molecule has 0 unspecified atom stereocenters. The van der Waals surface area contributed by atoms with Crippen LogP contribution in [0, 0.1) is 0 Å². The highest BCUT2D eigenvalue weighted by Crippen LogP contribution is 2.26. The standard InChI is InChI=1S/C12H16F3N5/c1-8(2)20(7-12(13,14)15)11-10-17-4-5-19(10)6-9(16-3)18-11/h4-6,8,16H,7H2,1-3H3. The SMILES string of the molecule is CNc1cn2ccnc2c(N(CC(F)(F)F)C(C)C)n1. The van der Waals surface area contributed by atoms with Crippen LogP contribution in [-0.4, -0.2) is 40.2 Å². The summed E-state index contributed by atoms with van der Waals surface area (Å²) in [6, 6.07) is -0.350. The average Bonchev–Trinajstić information content (AvgIpc) is 2.81. The third-order valence-electron chi connectivity index (χ3n) is 2.86. The molecule has 0 saturated heterocycles. The van der Waals surface area contributed by atoms with Crippen LogP contribution in [0.15, 0.2) is 18.6 Å². The summed E-state index contributed by atoms with van der Waals surface area (Å²) in [5.74, 6) is 0.701. The number of imidazole rings is 1. The van der Waals surface area contributed by atoms with E-state index in [0.717, 1.165) is 0 Å². The number of fused-ring (bicyclic) bond motifs is 1. The largest absolute Gasteiger partial charge is 0.405 e. The van der Waals surface area contributed by atoms with Gasteiger partial charge in [0.1, 0.15) is 12.4 Å².